The third kappa shape index (κ3) is 5.72. The van der Waals surface area contributed by atoms with Crippen molar-refractivity contribution in [1.29, 1.82) is 0 Å². The van der Waals surface area contributed by atoms with Gasteiger partial charge in [-0.15, -0.1) is 0 Å². The molecule has 3 heterocycles. The minimum Gasteiger partial charge on any atom is -0.496 e. The molecule has 0 aliphatic carbocycles. The molecule has 2 aliphatic heterocycles. The first-order chi connectivity index (χ1) is 17.9. The molecule has 0 spiro atoms. The molecule has 1 aromatic heterocycles. The van der Waals surface area contributed by atoms with Gasteiger partial charge in [-0.2, -0.15) is 0 Å². The number of methoxy groups -OCH3 is 1. The van der Waals surface area contributed by atoms with Gasteiger partial charge < -0.3 is 19.5 Å². The Bertz CT molecular complexity index is 1340. The van der Waals surface area contributed by atoms with E-state index < -0.39 is 17.4 Å². The Hall–Kier alpha value is -3.18. The van der Waals surface area contributed by atoms with Crippen molar-refractivity contribution in [3.63, 3.8) is 0 Å². The first kappa shape index (κ1) is 25.5. The molecule has 1 N–H and O–H groups in total. The maximum atomic E-state index is 14.8. The van der Waals surface area contributed by atoms with Gasteiger partial charge in [0.05, 0.1) is 43.1 Å². The van der Waals surface area contributed by atoms with Gasteiger partial charge in [-0.3, -0.25) is 9.69 Å². The zero-order valence-corrected chi connectivity index (χ0v) is 20.8. The number of nitrogens with one attached hydrogen (secondary N) is 1. The highest BCUT2D eigenvalue weighted by Crippen LogP contribution is 2.31. The number of hydrogen-bond donors (Lipinski definition) is 1. The number of likely N-dealkylation sites (tertiary alicyclic amines) is 1. The molecule has 194 valence electrons. The van der Waals surface area contributed by atoms with Crippen LogP contribution in [0, 0.1) is 5.82 Å². The van der Waals surface area contributed by atoms with Crippen LogP contribution in [-0.4, -0.2) is 72.8 Å². The largest absolute Gasteiger partial charge is 0.496 e. The number of anilines is 2. The second-order valence-corrected chi connectivity index (χ2v) is 9.25. The first-order valence-electron chi connectivity index (χ1n) is 11.8. The van der Waals surface area contributed by atoms with Gasteiger partial charge in [-0.05, 0) is 30.3 Å². The number of rotatable bonds is 8. The summed E-state index contributed by atoms with van der Waals surface area (Å²) in [6, 6.07) is 7.55. The summed E-state index contributed by atoms with van der Waals surface area (Å²) >= 11 is 5.89. The summed E-state index contributed by atoms with van der Waals surface area (Å²) in [6.07, 6.45) is 2.42. The third-order valence-corrected chi connectivity index (χ3v) is 6.69. The van der Waals surface area contributed by atoms with Crippen molar-refractivity contribution >= 4 is 39.8 Å². The molecule has 0 bridgehead atoms. The number of halogens is 3. The van der Waals surface area contributed by atoms with Crippen LogP contribution in [0.2, 0.25) is 5.02 Å². The predicted molar refractivity (Wildman–Crippen MR) is 135 cm³/mol. The molecule has 0 saturated carbocycles. The van der Waals surface area contributed by atoms with Gasteiger partial charge in [0, 0.05) is 48.8 Å². The van der Waals surface area contributed by atoms with Crippen molar-refractivity contribution in [1.82, 2.24) is 14.9 Å². The Morgan fingerprint density at radius 3 is 2.68 bits per heavy atom. The van der Waals surface area contributed by atoms with Gasteiger partial charge in [0.25, 0.3) is 0 Å². The van der Waals surface area contributed by atoms with Crippen LogP contribution in [0.5, 0.6) is 5.75 Å². The summed E-state index contributed by atoms with van der Waals surface area (Å²) in [5.41, 5.74) is 1.55. The van der Waals surface area contributed by atoms with E-state index in [1.54, 1.807) is 12.1 Å². The summed E-state index contributed by atoms with van der Waals surface area (Å²) in [5.74, 6) is -1.20. The van der Waals surface area contributed by atoms with Crippen LogP contribution in [0.1, 0.15) is 5.56 Å². The lowest BCUT2D eigenvalue weighted by molar-refractivity contribution is -0.116. The topological polar surface area (TPSA) is 85.8 Å². The lowest BCUT2D eigenvalue weighted by Crippen LogP contribution is -2.36. The Morgan fingerprint density at radius 1 is 1.22 bits per heavy atom. The Morgan fingerprint density at radius 2 is 1.97 bits per heavy atom. The molecule has 2 saturated heterocycles. The molecule has 2 aromatic carbocycles. The average molecular weight is 531 g/mol. The number of benzene rings is 2. The third-order valence-electron chi connectivity index (χ3n) is 6.40. The highest BCUT2D eigenvalue weighted by Gasteiger charge is 2.36. The summed E-state index contributed by atoms with van der Waals surface area (Å²) in [6.45, 7) is 2.68. The van der Waals surface area contributed by atoms with Crippen LogP contribution in [0.25, 0.3) is 10.9 Å². The van der Waals surface area contributed by atoms with Gasteiger partial charge in [-0.25, -0.2) is 18.7 Å². The van der Waals surface area contributed by atoms with Crippen molar-refractivity contribution in [2.75, 3.05) is 45.3 Å². The fourth-order valence-corrected chi connectivity index (χ4v) is 4.71. The fourth-order valence-electron chi connectivity index (χ4n) is 4.53. The number of Topliss-reactive ketones (excluding diaryl/α,β-unsaturated/α-hetero) is 1. The van der Waals surface area contributed by atoms with Gasteiger partial charge in [0.1, 0.15) is 23.7 Å². The maximum Gasteiger partial charge on any atom is 0.195 e. The smallest absolute Gasteiger partial charge is 0.195 e. The summed E-state index contributed by atoms with van der Waals surface area (Å²) < 4.78 is 45.2. The molecule has 11 heteroatoms. The molecule has 0 unspecified atom stereocenters. The molecule has 2 atom stereocenters. The van der Waals surface area contributed by atoms with Crippen molar-refractivity contribution in [2.45, 2.75) is 18.6 Å². The van der Waals surface area contributed by atoms with Crippen LogP contribution < -0.4 is 10.1 Å². The van der Waals surface area contributed by atoms with Gasteiger partial charge >= 0.3 is 0 Å². The highest BCUT2D eigenvalue weighted by molar-refractivity contribution is 6.31. The summed E-state index contributed by atoms with van der Waals surface area (Å²) in [7, 11) is 1.47. The number of aromatic nitrogens is 2. The molecule has 37 heavy (non-hydrogen) atoms. The van der Waals surface area contributed by atoms with Crippen LogP contribution in [-0.2, 0) is 20.7 Å². The van der Waals surface area contributed by atoms with E-state index in [9.17, 15) is 13.6 Å². The minimum absolute atomic E-state index is 0.0151. The number of ether oxygens (including phenoxy) is 3. The van der Waals surface area contributed by atoms with Gasteiger partial charge in [-0.1, -0.05) is 11.6 Å². The maximum absolute atomic E-state index is 14.8. The van der Waals surface area contributed by atoms with Crippen LogP contribution in [0.4, 0.5) is 20.3 Å². The van der Waals surface area contributed by atoms with E-state index in [-0.39, 0.29) is 30.2 Å². The zero-order valence-electron chi connectivity index (χ0n) is 20.0. The second-order valence-electron chi connectivity index (χ2n) is 8.85. The molecule has 8 nitrogen and oxygen atoms in total. The number of nitrogens with zero attached hydrogens (tertiary/aromatic N) is 3. The van der Waals surface area contributed by atoms with E-state index in [1.165, 1.54) is 37.7 Å². The van der Waals surface area contributed by atoms with E-state index in [2.05, 4.69) is 15.3 Å². The van der Waals surface area contributed by atoms with E-state index in [4.69, 9.17) is 25.8 Å². The monoisotopic (exact) mass is 530 g/mol. The van der Waals surface area contributed by atoms with Crippen LogP contribution >= 0.6 is 11.6 Å². The lowest BCUT2D eigenvalue weighted by Gasteiger charge is -2.24. The molecule has 5 rings (SSSR count). The van der Waals surface area contributed by atoms with E-state index in [0.717, 1.165) is 0 Å². The predicted octanol–water partition coefficient (Wildman–Crippen LogP) is 4.24. The Balaban J connectivity index is 1.33. The molecular weight excluding hydrogens is 506 g/mol. The molecular formula is C26H25ClF2N4O4. The quantitative estimate of drug-likeness (QED) is 0.433. The number of fused-ring (bicyclic) bond motifs is 2. The SMILES string of the molecule is COc1cc2ncnc(Nc3ccc(F)c(Cl)c3)c2cc1CC(=O)/C(F)=C/CN1C[C@@H]2OCCO[C@@H]2C1. The average Bonchev–Trinajstić information content (AvgIpc) is 3.32. The molecule has 0 amide bonds. The normalized spacial score (nSPS) is 20.2. The standard InChI is InChI=1S/C26H25ClF2N4O4/c1-35-23-11-21-17(26(31-14-30-21)32-16-2-3-19(28)18(27)10-16)8-15(23)9-22(34)20(29)4-5-33-12-24-25(13-33)37-7-6-36-24/h2-4,8,10-11,14,24-25H,5-7,9,12-13H2,1H3,(H,30,31,32)/b20-4-/t24-,25+. The van der Waals surface area contributed by atoms with Crippen molar-refractivity contribution in [2.24, 2.45) is 0 Å². The van der Waals surface area contributed by atoms with E-state index >= 15 is 0 Å². The number of ketones is 1. The number of hydrogen-bond acceptors (Lipinski definition) is 8. The second kappa shape index (κ2) is 11.1. The fraction of sp³-hybridized carbons (Fsp3) is 0.346. The summed E-state index contributed by atoms with van der Waals surface area (Å²) in [5, 5.41) is 3.63. The lowest BCUT2D eigenvalue weighted by atomic mass is 10.0. The molecule has 3 aromatic rings. The van der Waals surface area contributed by atoms with Crippen molar-refractivity contribution in [3.05, 3.63) is 65.0 Å². The van der Waals surface area contributed by atoms with Crippen LogP contribution in [0.15, 0.2) is 48.6 Å². The molecule has 2 aliphatic rings. The number of carbonyl (C=O) groups excluding carboxylic acids is 1. The van der Waals surface area contributed by atoms with E-state index in [0.29, 0.717) is 60.0 Å². The summed E-state index contributed by atoms with van der Waals surface area (Å²) in [4.78, 5) is 23.3. The van der Waals surface area contributed by atoms with Crippen molar-refractivity contribution in [3.8, 4) is 5.75 Å². The highest BCUT2D eigenvalue weighted by atomic mass is 35.5. The van der Waals surface area contributed by atoms with Gasteiger partial charge in [0.15, 0.2) is 11.6 Å². The van der Waals surface area contributed by atoms with Gasteiger partial charge in [0.2, 0.25) is 0 Å². The Labute approximate surface area is 217 Å². The molecule has 2 fully saturated rings. The number of allylic oxidation sites excluding steroid dienone is 1. The molecule has 0 radical (unpaired) electrons. The zero-order chi connectivity index (χ0) is 25.9. The van der Waals surface area contributed by atoms with Crippen molar-refractivity contribution < 1.29 is 27.8 Å². The van der Waals surface area contributed by atoms with E-state index in [1.807, 2.05) is 4.90 Å². The Kier molecular flexibility index (Phi) is 7.61. The number of carbonyl (C=O) groups is 1. The minimum atomic E-state index is -0.817. The van der Waals surface area contributed by atoms with Crippen LogP contribution in [0.3, 0.4) is 0 Å². The first-order valence-corrected chi connectivity index (χ1v) is 12.2.